The second kappa shape index (κ2) is 10.6. The van der Waals surface area contributed by atoms with Crippen LogP contribution in [0.4, 0.5) is 0 Å². The van der Waals surface area contributed by atoms with Crippen LogP contribution in [0.3, 0.4) is 0 Å². The first kappa shape index (κ1) is 26.0. The Bertz CT molecular complexity index is 2220. The Balaban J connectivity index is 1.06. The number of pyridine rings is 4. The number of aromatic nitrogens is 6. The molecule has 0 spiro atoms. The molecule has 2 aliphatic rings. The number of hydrogen-bond donors (Lipinski definition) is 0. The highest BCUT2D eigenvalue weighted by molar-refractivity contribution is 5.82. The fourth-order valence-corrected chi connectivity index (χ4v) is 7.25. The van der Waals surface area contributed by atoms with Gasteiger partial charge in [-0.05, 0) is 120 Å². The van der Waals surface area contributed by atoms with Crippen molar-refractivity contribution in [2.45, 2.75) is 38.0 Å². The summed E-state index contributed by atoms with van der Waals surface area (Å²) in [4.78, 5) is 18.6. The molecule has 0 saturated carbocycles. The Morgan fingerprint density at radius 3 is 2.29 bits per heavy atom. The first-order valence-corrected chi connectivity index (χ1v) is 15.7. The number of aryl methyl sites for hydroxylation is 2. The molecule has 5 aromatic heterocycles. The highest BCUT2D eigenvalue weighted by Gasteiger charge is 2.26. The Morgan fingerprint density at radius 2 is 1.38 bits per heavy atom. The predicted octanol–water partition coefficient (Wildman–Crippen LogP) is 7.95. The minimum absolute atomic E-state index is 0.371. The Morgan fingerprint density at radius 1 is 0.600 bits per heavy atom. The molecule has 5 heterocycles. The molecule has 0 saturated heterocycles. The van der Waals surface area contributed by atoms with E-state index in [-0.39, 0.29) is 0 Å². The van der Waals surface area contributed by atoms with E-state index in [4.69, 9.17) is 9.97 Å². The Labute approximate surface area is 261 Å². The number of rotatable bonds is 5. The van der Waals surface area contributed by atoms with Gasteiger partial charge in [0.05, 0.1) is 11.4 Å². The van der Waals surface area contributed by atoms with Crippen LogP contribution in [0.1, 0.15) is 40.2 Å². The summed E-state index contributed by atoms with van der Waals surface area (Å²) in [5.41, 5.74) is 16.7. The zero-order valence-electron chi connectivity index (χ0n) is 24.8. The molecule has 2 aromatic carbocycles. The van der Waals surface area contributed by atoms with Crippen LogP contribution < -0.4 is 0 Å². The smallest absolute Gasteiger partial charge is 0.155 e. The van der Waals surface area contributed by atoms with Crippen LogP contribution in [0.25, 0.3) is 50.4 Å². The average molecular weight is 583 g/mol. The van der Waals surface area contributed by atoms with Gasteiger partial charge < -0.3 is 0 Å². The third kappa shape index (κ3) is 4.61. The second-order valence-electron chi connectivity index (χ2n) is 12.2. The van der Waals surface area contributed by atoms with Gasteiger partial charge in [0, 0.05) is 58.8 Å². The van der Waals surface area contributed by atoms with Gasteiger partial charge in [0.2, 0.25) is 0 Å². The molecule has 1 atom stereocenters. The second-order valence-corrected chi connectivity index (χ2v) is 12.2. The van der Waals surface area contributed by atoms with Gasteiger partial charge in [-0.2, -0.15) is 5.10 Å². The number of nitrogens with zero attached hydrogens (tertiary/aromatic N) is 6. The zero-order chi connectivity index (χ0) is 29.7. The maximum absolute atomic E-state index is 5.14. The topological polar surface area (TPSA) is 68.9 Å². The van der Waals surface area contributed by atoms with Crippen molar-refractivity contribution in [3.8, 4) is 44.8 Å². The molecule has 2 aliphatic carbocycles. The molecule has 1 unspecified atom stereocenters. The summed E-state index contributed by atoms with van der Waals surface area (Å²) in [6, 6.07) is 28.5. The van der Waals surface area contributed by atoms with Gasteiger partial charge in [-0.3, -0.25) is 15.0 Å². The molecule has 216 valence electrons. The first-order valence-electron chi connectivity index (χ1n) is 15.7. The van der Waals surface area contributed by atoms with Crippen LogP contribution in [-0.2, 0) is 25.7 Å². The van der Waals surface area contributed by atoms with Crippen molar-refractivity contribution in [3.05, 3.63) is 144 Å². The molecule has 0 fully saturated rings. The predicted molar refractivity (Wildman–Crippen MR) is 177 cm³/mol. The van der Waals surface area contributed by atoms with Gasteiger partial charge >= 0.3 is 0 Å². The fourth-order valence-electron chi connectivity index (χ4n) is 7.25. The lowest BCUT2D eigenvalue weighted by atomic mass is 9.91. The van der Waals surface area contributed by atoms with Gasteiger partial charge in [-0.1, -0.05) is 30.3 Å². The Hall–Kier alpha value is -5.49. The normalized spacial score (nSPS) is 15.3. The van der Waals surface area contributed by atoms with E-state index >= 15 is 0 Å². The quantitative estimate of drug-likeness (QED) is 0.206. The number of hydrogen-bond acceptors (Lipinski definition) is 5. The van der Waals surface area contributed by atoms with Gasteiger partial charge in [0.25, 0.3) is 0 Å². The Kier molecular flexibility index (Phi) is 6.11. The van der Waals surface area contributed by atoms with Crippen molar-refractivity contribution in [3.63, 3.8) is 0 Å². The van der Waals surface area contributed by atoms with E-state index in [1.165, 1.54) is 51.8 Å². The van der Waals surface area contributed by atoms with Crippen molar-refractivity contribution in [1.29, 1.82) is 0 Å². The number of benzene rings is 2. The minimum Gasteiger partial charge on any atom is -0.265 e. The van der Waals surface area contributed by atoms with Crippen molar-refractivity contribution >= 4 is 5.65 Å². The fraction of sp³-hybridized carbons (Fsp3) is 0.154. The number of fused-ring (bicyclic) bond motifs is 3. The maximum atomic E-state index is 5.14. The molecule has 6 heteroatoms. The van der Waals surface area contributed by atoms with E-state index in [9.17, 15) is 0 Å². The minimum atomic E-state index is 0.371. The van der Waals surface area contributed by atoms with Crippen LogP contribution in [0.2, 0.25) is 0 Å². The van der Waals surface area contributed by atoms with Crippen LogP contribution in [-0.4, -0.2) is 29.5 Å². The van der Waals surface area contributed by atoms with Crippen LogP contribution >= 0.6 is 0 Å². The van der Waals surface area contributed by atoms with Crippen molar-refractivity contribution in [1.82, 2.24) is 29.5 Å². The van der Waals surface area contributed by atoms with E-state index in [2.05, 4.69) is 88.0 Å². The van der Waals surface area contributed by atoms with E-state index in [0.29, 0.717) is 5.92 Å². The molecule has 6 nitrogen and oxygen atoms in total. The molecule has 45 heavy (non-hydrogen) atoms. The van der Waals surface area contributed by atoms with E-state index in [1.54, 1.807) is 6.33 Å². The molecular formula is C39H30N6. The average Bonchev–Trinajstić information content (AvgIpc) is 3.87. The molecule has 0 aliphatic heterocycles. The highest BCUT2D eigenvalue weighted by atomic mass is 15.3. The van der Waals surface area contributed by atoms with Crippen molar-refractivity contribution in [2.75, 3.05) is 0 Å². The molecule has 0 N–H and O–H groups in total. The van der Waals surface area contributed by atoms with Crippen molar-refractivity contribution in [2.24, 2.45) is 0 Å². The summed E-state index contributed by atoms with van der Waals surface area (Å²) >= 11 is 0. The third-order valence-electron chi connectivity index (χ3n) is 9.55. The van der Waals surface area contributed by atoms with Crippen LogP contribution in [0, 0.1) is 0 Å². The van der Waals surface area contributed by atoms with Gasteiger partial charge in [-0.25, -0.2) is 9.50 Å². The molecule has 9 rings (SSSR count). The summed E-state index contributed by atoms with van der Waals surface area (Å²) in [6.45, 7) is 0. The third-order valence-corrected chi connectivity index (χ3v) is 9.55. The summed E-state index contributed by atoms with van der Waals surface area (Å²) in [5, 5.41) is 4.33. The van der Waals surface area contributed by atoms with E-state index in [1.807, 2.05) is 41.4 Å². The largest absolute Gasteiger partial charge is 0.265 e. The summed E-state index contributed by atoms with van der Waals surface area (Å²) in [7, 11) is 0. The summed E-state index contributed by atoms with van der Waals surface area (Å²) in [5.74, 6) is 0.371. The van der Waals surface area contributed by atoms with Crippen LogP contribution in [0.15, 0.2) is 116 Å². The maximum Gasteiger partial charge on any atom is 0.155 e. The molecule has 7 aromatic rings. The lowest BCUT2D eigenvalue weighted by Crippen LogP contribution is -2.01. The molecule has 0 radical (unpaired) electrons. The molecule has 0 bridgehead atoms. The first-order chi connectivity index (χ1) is 22.3. The highest BCUT2D eigenvalue weighted by Crippen LogP contribution is 2.40. The summed E-state index contributed by atoms with van der Waals surface area (Å²) in [6.07, 6.45) is 16.9. The van der Waals surface area contributed by atoms with E-state index in [0.717, 1.165) is 58.6 Å². The van der Waals surface area contributed by atoms with Crippen LogP contribution in [0.5, 0.6) is 0 Å². The monoisotopic (exact) mass is 582 g/mol. The standard InChI is InChI=1S/C39H30N6/c1-3-25-6-8-29(17-27(25)4-1)39-36(26-12-15-40-16-13-26)21-34(22-42-39)33-18-28-7-9-30(19-32(28)20-33)38-35(5-2-14-41-38)31-10-11-37-43-24-44-45(37)23-31/h2,5-17,19,21-24,33H,1,3-4,18,20H2. The lowest BCUT2D eigenvalue weighted by Gasteiger charge is -2.16. The van der Waals surface area contributed by atoms with Gasteiger partial charge in [0.1, 0.15) is 6.33 Å². The summed E-state index contributed by atoms with van der Waals surface area (Å²) < 4.78 is 1.81. The van der Waals surface area contributed by atoms with Gasteiger partial charge in [-0.15, -0.1) is 0 Å². The van der Waals surface area contributed by atoms with Gasteiger partial charge in [0.15, 0.2) is 5.65 Å². The zero-order valence-corrected chi connectivity index (χ0v) is 24.8. The van der Waals surface area contributed by atoms with E-state index < -0.39 is 0 Å². The molecule has 0 amide bonds. The lowest BCUT2D eigenvalue weighted by molar-refractivity contribution is 0.738. The SMILES string of the molecule is c1cnc(-c2ccc3c(c2)CC(c2cnc(-c4ccc5c(c4)CCC5)c(-c4ccncc4)c2)C3)c(-c2ccc3ncnn3c2)c1. The molecular weight excluding hydrogens is 552 g/mol. The van der Waals surface area contributed by atoms with Crippen molar-refractivity contribution < 1.29 is 0 Å².